The second kappa shape index (κ2) is 8.23. The predicted octanol–water partition coefficient (Wildman–Crippen LogP) is 4.30. The number of halogens is 3. The zero-order chi connectivity index (χ0) is 22.9. The third-order valence-corrected chi connectivity index (χ3v) is 7.30. The molecule has 0 aliphatic rings. The van der Waals surface area contributed by atoms with Crippen LogP contribution in [0.3, 0.4) is 0 Å². The summed E-state index contributed by atoms with van der Waals surface area (Å²) in [5.74, 6) is -0.188. The van der Waals surface area contributed by atoms with Gasteiger partial charge in [0.2, 0.25) is 0 Å². The monoisotopic (exact) mass is 471 g/mol. The molecule has 0 aliphatic heterocycles. The Morgan fingerprint density at radius 3 is 1.94 bits per heavy atom. The smallest absolute Gasteiger partial charge is 0.379 e. The van der Waals surface area contributed by atoms with Gasteiger partial charge in [0.15, 0.2) is 0 Å². The highest BCUT2D eigenvalue weighted by Crippen LogP contribution is 2.31. The summed E-state index contributed by atoms with van der Waals surface area (Å²) >= 11 is 0. The van der Waals surface area contributed by atoms with Crippen molar-refractivity contribution in [1.82, 2.24) is 0 Å². The summed E-state index contributed by atoms with van der Waals surface area (Å²) in [6.07, 6.45) is -4.71. The molecule has 0 heterocycles. The van der Waals surface area contributed by atoms with E-state index in [2.05, 4.69) is 0 Å². The van der Waals surface area contributed by atoms with Gasteiger partial charge in [-0.3, -0.25) is 4.31 Å². The van der Waals surface area contributed by atoms with Crippen LogP contribution in [-0.4, -0.2) is 23.9 Å². The molecular weight excluding hydrogens is 455 g/mol. The van der Waals surface area contributed by atoms with Crippen molar-refractivity contribution in [3.05, 3.63) is 84.4 Å². The lowest BCUT2D eigenvalue weighted by Crippen LogP contribution is -2.26. The minimum absolute atomic E-state index is 0.0740. The first-order valence-corrected chi connectivity index (χ1v) is 11.5. The van der Waals surface area contributed by atoms with E-state index in [0.29, 0.717) is 6.07 Å². The Hall–Kier alpha value is -3.05. The molecule has 0 N–H and O–H groups in total. The molecule has 0 atom stereocenters. The zero-order valence-corrected chi connectivity index (χ0v) is 17.6. The third kappa shape index (κ3) is 5.00. The number of rotatable bonds is 6. The van der Waals surface area contributed by atoms with Gasteiger partial charge in [-0.1, -0.05) is 24.3 Å². The molecule has 164 valence electrons. The van der Waals surface area contributed by atoms with Gasteiger partial charge in [-0.05, 0) is 54.6 Å². The molecule has 11 heteroatoms. The van der Waals surface area contributed by atoms with Crippen LogP contribution in [0.15, 0.2) is 88.7 Å². The number of anilines is 1. The van der Waals surface area contributed by atoms with Crippen LogP contribution >= 0.6 is 0 Å². The molecule has 0 saturated carbocycles. The van der Waals surface area contributed by atoms with Crippen LogP contribution in [0.25, 0.3) is 0 Å². The molecule has 0 saturated heterocycles. The molecule has 0 aromatic heterocycles. The fraction of sp³-hybridized carbons (Fsp3) is 0.100. The maximum Gasteiger partial charge on any atom is 0.416 e. The minimum atomic E-state index is -4.71. The van der Waals surface area contributed by atoms with Crippen LogP contribution in [0.2, 0.25) is 0 Å². The highest BCUT2D eigenvalue weighted by Gasteiger charge is 2.32. The predicted molar refractivity (Wildman–Crippen MR) is 108 cm³/mol. The minimum Gasteiger partial charge on any atom is -0.379 e. The van der Waals surface area contributed by atoms with Gasteiger partial charge in [-0.25, -0.2) is 8.42 Å². The second-order valence-corrected chi connectivity index (χ2v) is 9.86. The van der Waals surface area contributed by atoms with E-state index in [-0.39, 0.29) is 16.3 Å². The SMILES string of the molecule is CN(c1ccc(OS(=O)(=O)c2cccc(C(F)(F)F)c2)cc1)S(=O)(=O)c1ccccc1. The largest absolute Gasteiger partial charge is 0.416 e. The van der Waals surface area contributed by atoms with Crippen LogP contribution in [0.5, 0.6) is 5.75 Å². The second-order valence-electron chi connectivity index (χ2n) is 6.34. The van der Waals surface area contributed by atoms with E-state index in [1.807, 2.05) is 0 Å². The Morgan fingerprint density at radius 1 is 0.774 bits per heavy atom. The number of hydrogen-bond acceptors (Lipinski definition) is 5. The summed E-state index contributed by atoms with van der Waals surface area (Å²) < 4.78 is 94.4. The number of sulfonamides is 1. The first kappa shape index (κ1) is 22.6. The Balaban J connectivity index is 1.82. The Bertz CT molecular complexity index is 1270. The van der Waals surface area contributed by atoms with E-state index in [1.165, 1.54) is 43.4 Å². The van der Waals surface area contributed by atoms with Gasteiger partial charge in [-0.2, -0.15) is 21.6 Å². The van der Waals surface area contributed by atoms with Crippen LogP contribution in [0.4, 0.5) is 18.9 Å². The van der Waals surface area contributed by atoms with Crippen molar-refractivity contribution in [3.8, 4) is 5.75 Å². The van der Waals surface area contributed by atoms with Gasteiger partial charge in [0.05, 0.1) is 16.1 Å². The third-order valence-electron chi connectivity index (χ3n) is 4.26. The lowest BCUT2D eigenvalue weighted by atomic mass is 10.2. The fourth-order valence-corrected chi connectivity index (χ4v) is 4.80. The molecule has 0 fully saturated rings. The molecule has 0 amide bonds. The van der Waals surface area contributed by atoms with Crippen molar-refractivity contribution < 1.29 is 34.2 Å². The Labute approximate surface area is 177 Å². The summed E-state index contributed by atoms with van der Waals surface area (Å²) in [7, 11) is -7.04. The molecule has 3 aromatic carbocycles. The van der Waals surface area contributed by atoms with Crippen molar-refractivity contribution in [2.45, 2.75) is 16.0 Å². The maximum absolute atomic E-state index is 12.8. The van der Waals surface area contributed by atoms with E-state index < -0.39 is 36.8 Å². The average Bonchev–Trinajstić information content (AvgIpc) is 2.73. The number of alkyl halides is 3. The highest BCUT2D eigenvalue weighted by atomic mass is 32.2. The highest BCUT2D eigenvalue weighted by molar-refractivity contribution is 7.92. The standard InChI is InChI=1S/C20H16F3NO5S2/c1-24(30(25,26)18-7-3-2-4-8-18)16-10-12-17(13-11-16)29-31(27,28)19-9-5-6-15(14-19)20(21,22)23/h2-14H,1H3. The van der Waals surface area contributed by atoms with E-state index in [4.69, 9.17) is 4.18 Å². The fourth-order valence-electron chi connectivity index (χ4n) is 2.60. The van der Waals surface area contributed by atoms with E-state index in [0.717, 1.165) is 22.5 Å². The normalized spacial score (nSPS) is 12.4. The van der Waals surface area contributed by atoms with Gasteiger partial charge >= 0.3 is 16.3 Å². The number of hydrogen-bond donors (Lipinski definition) is 0. The quantitative estimate of drug-likeness (QED) is 0.501. The van der Waals surface area contributed by atoms with E-state index in [9.17, 15) is 30.0 Å². The summed E-state index contributed by atoms with van der Waals surface area (Å²) in [4.78, 5) is -0.583. The summed E-state index contributed by atoms with van der Waals surface area (Å²) in [5, 5.41) is 0. The lowest BCUT2D eigenvalue weighted by molar-refractivity contribution is -0.137. The maximum atomic E-state index is 12.8. The van der Waals surface area contributed by atoms with Crippen molar-refractivity contribution in [3.63, 3.8) is 0 Å². The van der Waals surface area contributed by atoms with Crippen molar-refractivity contribution >= 4 is 25.8 Å². The van der Waals surface area contributed by atoms with Gasteiger partial charge in [0.25, 0.3) is 10.0 Å². The van der Waals surface area contributed by atoms with Gasteiger partial charge in [0.1, 0.15) is 10.6 Å². The summed E-state index contributed by atoms with van der Waals surface area (Å²) in [5.41, 5.74) is -0.895. The van der Waals surface area contributed by atoms with Crippen LogP contribution in [0.1, 0.15) is 5.56 Å². The van der Waals surface area contributed by atoms with Crippen molar-refractivity contribution in [1.29, 1.82) is 0 Å². The topological polar surface area (TPSA) is 80.8 Å². The Kier molecular flexibility index (Phi) is 6.01. The molecule has 0 aliphatic carbocycles. The lowest BCUT2D eigenvalue weighted by Gasteiger charge is -2.19. The molecule has 3 rings (SSSR count). The van der Waals surface area contributed by atoms with Gasteiger partial charge < -0.3 is 4.18 Å². The van der Waals surface area contributed by atoms with Gasteiger partial charge in [0, 0.05) is 7.05 Å². The molecule has 0 spiro atoms. The van der Waals surface area contributed by atoms with Crippen molar-refractivity contribution in [2.24, 2.45) is 0 Å². The molecule has 3 aromatic rings. The number of nitrogens with zero attached hydrogens (tertiary/aromatic N) is 1. The first-order valence-electron chi connectivity index (χ1n) is 8.67. The Morgan fingerprint density at radius 2 is 1.35 bits per heavy atom. The molecular formula is C20H16F3NO5S2. The van der Waals surface area contributed by atoms with Crippen LogP contribution in [-0.2, 0) is 26.3 Å². The van der Waals surface area contributed by atoms with Crippen LogP contribution < -0.4 is 8.49 Å². The van der Waals surface area contributed by atoms with Crippen LogP contribution in [0, 0.1) is 0 Å². The van der Waals surface area contributed by atoms with E-state index >= 15 is 0 Å². The molecule has 6 nitrogen and oxygen atoms in total. The van der Waals surface area contributed by atoms with Gasteiger partial charge in [-0.15, -0.1) is 0 Å². The summed E-state index contributed by atoms with van der Waals surface area (Å²) in [6, 6.07) is 15.9. The van der Waals surface area contributed by atoms with Crippen molar-refractivity contribution in [2.75, 3.05) is 11.4 Å². The first-order chi connectivity index (χ1) is 14.4. The molecule has 0 bridgehead atoms. The number of benzene rings is 3. The van der Waals surface area contributed by atoms with E-state index in [1.54, 1.807) is 18.2 Å². The molecule has 31 heavy (non-hydrogen) atoms. The molecule has 0 unspecified atom stereocenters. The zero-order valence-electron chi connectivity index (χ0n) is 15.9. The summed E-state index contributed by atoms with van der Waals surface area (Å²) in [6.45, 7) is 0. The molecule has 0 radical (unpaired) electrons. The average molecular weight is 471 g/mol.